The van der Waals surface area contributed by atoms with E-state index in [2.05, 4.69) is 15.6 Å². The number of urea groups is 2. The fourth-order valence-electron chi connectivity index (χ4n) is 4.04. The van der Waals surface area contributed by atoms with E-state index in [1.807, 2.05) is 0 Å². The van der Waals surface area contributed by atoms with Crippen LogP contribution in [0.5, 0.6) is 0 Å². The first-order chi connectivity index (χ1) is 13.9. The van der Waals surface area contributed by atoms with Crippen molar-refractivity contribution < 1.29 is 18.4 Å². The van der Waals surface area contributed by atoms with Gasteiger partial charge in [0.25, 0.3) is 0 Å². The van der Waals surface area contributed by atoms with Crippen LogP contribution in [0.15, 0.2) is 24.3 Å². The lowest BCUT2D eigenvalue weighted by atomic mass is 10.0. The number of alkyl halides is 1. The molecule has 0 radical (unpaired) electrons. The van der Waals surface area contributed by atoms with Crippen LogP contribution in [0, 0.1) is 5.82 Å². The second kappa shape index (κ2) is 7.88. The lowest BCUT2D eigenvalue weighted by molar-refractivity contribution is 0.0758. The van der Waals surface area contributed by atoms with Crippen molar-refractivity contribution in [1.29, 1.82) is 0 Å². The maximum atomic E-state index is 14.3. The topological polar surface area (TPSA) is 80.5 Å². The molecule has 0 spiro atoms. The smallest absolute Gasteiger partial charge is 0.318 e. The number of halogens is 2. The fraction of sp³-hybridized carbons (Fsp3) is 0.500. The van der Waals surface area contributed by atoms with Crippen LogP contribution in [0.4, 0.5) is 18.4 Å². The number of aromatic nitrogens is 1. The first-order valence-corrected chi connectivity index (χ1v) is 9.88. The molecule has 1 unspecified atom stereocenters. The number of nitrogens with one attached hydrogen (secondary N) is 3. The summed E-state index contributed by atoms with van der Waals surface area (Å²) in [6, 6.07) is 5.38. The molecule has 2 atom stereocenters. The van der Waals surface area contributed by atoms with Gasteiger partial charge in [-0.05, 0) is 37.1 Å². The van der Waals surface area contributed by atoms with Crippen LogP contribution in [-0.2, 0) is 6.54 Å². The Morgan fingerprint density at radius 1 is 1.24 bits per heavy atom. The minimum absolute atomic E-state index is 0.0436. The van der Waals surface area contributed by atoms with E-state index >= 15 is 0 Å². The molecule has 2 fully saturated rings. The van der Waals surface area contributed by atoms with Crippen LogP contribution in [0.25, 0.3) is 10.9 Å². The highest BCUT2D eigenvalue weighted by Crippen LogP contribution is 2.32. The molecular weight excluding hydrogens is 380 g/mol. The van der Waals surface area contributed by atoms with Crippen LogP contribution in [0.1, 0.15) is 25.0 Å². The van der Waals surface area contributed by atoms with Crippen molar-refractivity contribution in [3.8, 4) is 0 Å². The zero-order chi connectivity index (χ0) is 20.5. The highest BCUT2D eigenvalue weighted by molar-refractivity contribution is 5.81. The van der Waals surface area contributed by atoms with Gasteiger partial charge in [0.15, 0.2) is 0 Å². The number of hydrogen-bond donors (Lipinski definition) is 3. The number of piperidine rings is 1. The number of fused-ring (bicyclic) bond motifs is 1. The van der Waals surface area contributed by atoms with Crippen LogP contribution in [0.2, 0.25) is 0 Å². The quantitative estimate of drug-likeness (QED) is 0.731. The van der Waals surface area contributed by atoms with Crippen LogP contribution in [0.3, 0.4) is 0 Å². The molecule has 3 N–H and O–H groups in total. The summed E-state index contributed by atoms with van der Waals surface area (Å²) in [5.41, 5.74) is 1.55. The van der Waals surface area contributed by atoms with Gasteiger partial charge in [0.05, 0.1) is 19.1 Å². The van der Waals surface area contributed by atoms with Gasteiger partial charge in [-0.3, -0.25) is 0 Å². The minimum atomic E-state index is -1.16. The third kappa shape index (κ3) is 4.28. The zero-order valence-corrected chi connectivity index (χ0v) is 16.3. The van der Waals surface area contributed by atoms with Gasteiger partial charge in [-0.1, -0.05) is 0 Å². The van der Waals surface area contributed by atoms with Crippen LogP contribution >= 0.6 is 0 Å². The number of benzene rings is 1. The van der Waals surface area contributed by atoms with Gasteiger partial charge in [0, 0.05) is 42.7 Å². The molecule has 1 aliphatic carbocycles. The van der Waals surface area contributed by atoms with E-state index in [1.165, 1.54) is 24.1 Å². The average Bonchev–Trinajstić information content (AvgIpc) is 3.44. The zero-order valence-electron chi connectivity index (χ0n) is 16.3. The van der Waals surface area contributed by atoms with Gasteiger partial charge < -0.3 is 25.4 Å². The Labute approximate surface area is 167 Å². The minimum Gasteiger partial charge on any atom is -0.357 e. The molecule has 2 heterocycles. The molecule has 7 nitrogen and oxygen atoms in total. The summed E-state index contributed by atoms with van der Waals surface area (Å²) in [4.78, 5) is 31.2. The number of hydrogen-bond acceptors (Lipinski definition) is 2. The normalized spacial score (nSPS) is 21.8. The third-order valence-corrected chi connectivity index (χ3v) is 5.52. The van der Waals surface area contributed by atoms with E-state index in [-0.39, 0.29) is 49.5 Å². The number of carbonyl (C=O) groups is 2. The molecule has 2 aromatic rings. The van der Waals surface area contributed by atoms with E-state index in [1.54, 1.807) is 17.0 Å². The molecule has 2 aliphatic rings. The Morgan fingerprint density at radius 2 is 2.03 bits per heavy atom. The number of likely N-dealkylation sites (tertiary alicyclic amines) is 1. The van der Waals surface area contributed by atoms with Crippen molar-refractivity contribution in [2.45, 2.75) is 44.1 Å². The predicted octanol–water partition coefficient (Wildman–Crippen LogP) is 2.73. The Balaban J connectivity index is 1.43. The highest BCUT2D eigenvalue weighted by atomic mass is 19.1. The summed E-state index contributed by atoms with van der Waals surface area (Å²) >= 11 is 0. The molecular formula is C20H25F2N5O2. The largest absolute Gasteiger partial charge is 0.357 e. The summed E-state index contributed by atoms with van der Waals surface area (Å²) in [5, 5.41) is 6.15. The Hall–Kier alpha value is -2.84. The van der Waals surface area contributed by atoms with Crippen LogP contribution in [-0.4, -0.2) is 65.2 Å². The number of H-pyrrole nitrogens is 1. The first kappa shape index (κ1) is 19.5. The third-order valence-electron chi connectivity index (χ3n) is 5.52. The van der Waals surface area contributed by atoms with Gasteiger partial charge >= 0.3 is 12.1 Å². The van der Waals surface area contributed by atoms with E-state index < -0.39 is 6.17 Å². The van der Waals surface area contributed by atoms with Gasteiger partial charge in [-0.15, -0.1) is 0 Å². The van der Waals surface area contributed by atoms with Crippen molar-refractivity contribution in [1.82, 2.24) is 25.4 Å². The average molecular weight is 405 g/mol. The van der Waals surface area contributed by atoms with Gasteiger partial charge in [0.2, 0.25) is 0 Å². The molecule has 9 heteroatoms. The summed E-state index contributed by atoms with van der Waals surface area (Å²) < 4.78 is 27.6. The number of aromatic amines is 1. The lowest BCUT2D eigenvalue weighted by Crippen LogP contribution is -2.58. The predicted molar refractivity (Wildman–Crippen MR) is 105 cm³/mol. The molecule has 0 bridgehead atoms. The molecule has 4 amide bonds. The van der Waals surface area contributed by atoms with Crippen molar-refractivity contribution in [3.05, 3.63) is 35.8 Å². The molecule has 4 rings (SSSR count). The van der Waals surface area contributed by atoms with Crippen molar-refractivity contribution in [3.63, 3.8) is 0 Å². The molecule has 1 saturated heterocycles. The van der Waals surface area contributed by atoms with Crippen molar-refractivity contribution in [2.24, 2.45) is 0 Å². The molecule has 1 aromatic heterocycles. The van der Waals surface area contributed by atoms with E-state index in [0.717, 1.165) is 29.4 Å². The summed E-state index contributed by atoms with van der Waals surface area (Å²) in [6.45, 7) is 0.612. The number of carbonyl (C=O) groups excluding carboxylic acids is 2. The standard InChI is InChI=1S/C20H25F2N5O2/c1-23-19(28)26-10-14(22)8-17(11-26)27(16-3-4-16)20(29)24-9-15-7-12-6-13(21)2-5-18(12)25-15/h2,5-7,14,16-17,25H,3-4,8-11H2,1H3,(H,23,28)(H,24,29)/t14?,17-/m1/s1. The van der Waals surface area contributed by atoms with Gasteiger partial charge in [0.1, 0.15) is 12.0 Å². The van der Waals surface area contributed by atoms with Crippen molar-refractivity contribution in [2.75, 3.05) is 20.1 Å². The second-order valence-corrected chi connectivity index (χ2v) is 7.77. The Kier molecular flexibility index (Phi) is 5.29. The van der Waals surface area contributed by atoms with Crippen molar-refractivity contribution >= 4 is 23.0 Å². The number of amides is 4. The Bertz CT molecular complexity index is 913. The van der Waals surface area contributed by atoms with E-state index in [0.29, 0.717) is 6.54 Å². The Morgan fingerprint density at radius 3 is 2.76 bits per heavy atom. The second-order valence-electron chi connectivity index (χ2n) is 7.77. The molecule has 1 saturated carbocycles. The molecule has 1 aromatic carbocycles. The number of rotatable bonds is 4. The van der Waals surface area contributed by atoms with Crippen LogP contribution < -0.4 is 10.6 Å². The van der Waals surface area contributed by atoms with E-state index in [4.69, 9.17) is 0 Å². The maximum absolute atomic E-state index is 14.3. The summed E-state index contributed by atoms with van der Waals surface area (Å²) in [5.74, 6) is -0.314. The molecule has 1 aliphatic heterocycles. The fourth-order valence-corrected chi connectivity index (χ4v) is 4.04. The summed E-state index contributed by atoms with van der Waals surface area (Å²) in [7, 11) is 1.51. The monoisotopic (exact) mass is 405 g/mol. The molecule has 29 heavy (non-hydrogen) atoms. The lowest BCUT2D eigenvalue weighted by Gasteiger charge is -2.40. The number of nitrogens with zero attached hydrogens (tertiary/aromatic N) is 2. The van der Waals surface area contributed by atoms with Gasteiger partial charge in [-0.2, -0.15) is 0 Å². The SMILES string of the molecule is CNC(=O)N1CC(F)C[C@@H](N(C(=O)NCc2cc3cc(F)ccc3[nH]2)C2CC2)C1. The maximum Gasteiger partial charge on any atom is 0.318 e. The first-order valence-electron chi connectivity index (χ1n) is 9.88. The summed E-state index contributed by atoms with van der Waals surface area (Å²) in [6.07, 6.45) is 0.825. The molecule has 156 valence electrons. The highest BCUT2D eigenvalue weighted by Gasteiger charge is 2.41. The van der Waals surface area contributed by atoms with E-state index in [9.17, 15) is 18.4 Å². The van der Waals surface area contributed by atoms with Gasteiger partial charge in [-0.25, -0.2) is 18.4 Å².